The van der Waals surface area contributed by atoms with Crippen LogP contribution in [0, 0.1) is 0 Å². The molecular weight excluding hydrogens is 310 g/mol. The Bertz CT molecular complexity index is 786. The smallest absolute Gasteiger partial charge is 0.335 e. The number of carboxylic acids is 1. The number of H-pyrrole nitrogens is 1. The highest BCUT2D eigenvalue weighted by molar-refractivity contribution is 5.87. The summed E-state index contributed by atoms with van der Waals surface area (Å²) in [5.41, 5.74) is 2.20. The molecule has 0 fully saturated rings. The average Bonchev–Trinajstić information content (AvgIpc) is 3.13. The zero-order chi connectivity index (χ0) is 16.8. The number of carbonyl (C=O) groups is 1. The van der Waals surface area contributed by atoms with Gasteiger partial charge in [-0.2, -0.15) is 5.21 Å². The van der Waals surface area contributed by atoms with Crippen LogP contribution in [-0.4, -0.2) is 31.7 Å². The first-order chi connectivity index (χ1) is 11.7. The van der Waals surface area contributed by atoms with Crippen LogP contribution in [0.3, 0.4) is 0 Å². The summed E-state index contributed by atoms with van der Waals surface area (Å²) in [6, 6.07) is 14.3. The number of carboxylic acid groups (broad SMARTS) is 1. The van der Waals surface area contributed by atoms with Crippen LogP contribution in [0.25, 0.3) is 0 Å². The molecule has 2 aromatic carbocycles. The van der Waals surface area contributed by atoms with E-state index in [1.165, 1.54) is 0 Å². The van der Waals surface area contributed by atoms with E-state index in [4.69, 9.17) is 9.84 Å². The molecule has 3 aromatic rings. The molecule has 122 valence electrons. The summed E-state index contributed by atoms with van der Waals surface area (Å²) in [6.45, 7) is 0.877. The zero-order valence-electron chi connectivity index (χ0n) is 12.6. The minimum atomic E-state index is -0.932. The second-order valence-corrected chi connectivity index (χ2v) is 5.00. The number of aromatic amines is 1. The third-order valence-electron chi connectivity index (χ3n) is 3.31. The maximum atomic E-state index is 10.8. The van der Waals surface area contributed by atoms with Gasteiger partial charge < -0.3 is 15.2 Å². The maximum absolute atomic E-state index is 10.8. The molecule has 0 unspecified atom stereocenters. The molecule has 8 heteroatoms. The van der Waals surface area contributed by atoms with Gasteiger partial charge in [-0.05, 0) is 42.0 Å². The predicted octanol–water partition coefficient (Wildman–Crippen LogP) is 2.09. The van der Waals surface area contributed by atoms with Crippen molar-refractivity contribution < 1.29 is 14.6 Å². The largest absolute Gasteiger partial charge is 0.485 e. The number of hydrogen-bond acceptors (Lipinski definition) is 6. The monoisotopic (exact) mass is 325 g/mol. The minimum absolute atomic E-state index is 0.254. The summed E-state index contributed by atoms with van der Waals surface area (Å²) in [4.78, 5) is 10.8. The molecule has 0 saturated heterocycles. The van der Waals surface area contributed by atoms with E-state index in [2.05, 4.69) is 25.9 Å². The lowest BCUT2D eigenvalue weighted by molar-refractivity contribution is 0.0697. The van der Waals surface area contributed by atoms with Gasteiger partial charge in [0.25, 0.3) is 0 Å². The van der Waals surface area contributed by atoms with Crippen LogP contribution in [-0.2, 0) is 13.2 Å². The number of aromatic carboxylic acids is 1. The molecule has 0 amide bonds. The van der Waals surface area contributed by atoms with E-state index in [-0.39, 0.29) is 12.2 Å². The summed E-state index contributed by atoms with van der Waals surface area (Å²) in [5.74, 6) is 0.276. The Morgan fingerprint density at radius 1 is 1.12 bits per heavy atom. The van der Waals surface area contributed by atoms with Gasteiger partial charge >= 0.3 is 5.97 Å². The first-order valence-corrected chi connectivity index (χ1v) is 7.22. The Morgan fingerprint density at radius 3 is 2.50 bits per heavy atom. The molecule has 0 aliphatic rings. The molecule has 0 saturated carbocycles. The van der Waals surface area contributed by atoms with Crippen LogP contribution >= 0.6 is 0 Å². The van der Waals surface area contributed by atoms with Crippen molar-refractivity contribution in [3.63, 3.8) is 0 Å². The van der Waals surface area contributed by atoms with Crippen LogP contribution < -0.4 is 10.1 Å². The van der Waals surface area contributed by atoms with E-state index in [1.54, 1.807) is 24.3 Å². The molecule has 0 aliphatic heterocycles. The molecular formula is C16H15N5O3. The lowest BCUT2D eigenvalue weighted by atomic mass is 10.2. The Balaban J connectivity index is 1.51. The van der Waals surface area contributed by atoms with Crippen molar-refractivity contribution in [3.05, 3.63) is 65.5 Å². The van der Waals surface area contributed by atoms with Gasteiger partial charge in [-0.25, -0.2) is 4.79 Å². The maximum Gasteiger partial charge on any atom is 0.335 e. The number of hydrogen-bond donors (Lipinski definition) is 3. The molecule has 0 spiro atoms. The summed E-state index contributed by atoms with van der Waals surface area (Å²) in [7, 11) is 0. The molecule has 0 bridgehead atoms. The Labute approximate surface area is 137 Å². The fourth-order valence-corrected chi connectivity index (χ4v) is 2.03. The number of benzene rings is 2. The van der Waals surface area contributed by atoms with E-state index >= 15 is 0 Å². The summed E-state index contributed by atoms with van der Waals surface area (Å²) in [6.07, 6.45) is 0. The van der Waals surface area contributed by atoms with Crippen molar-refractivity contribution in [2.24, 2.45) is 0 Å². The third-order valence-corrected chi connectivity index (χ3v) is 3.31. The summed E-state index contributed by atoms with van der Waals surface area (Å²) >= 11 is 0. The third kappa shape index (κ3) is 4.07. The lowest BCUT2D eigenvalue weighted by Gasteiger charge is -2.08. The fraction of sp³-hybridized carbons (Fsp3) is 0.125. The summed E-state index contributed by atoms with van der Waals surface area (Å²) in [5, 5.41) is 25.5. The average molecular weight is 325 g/mol. The van der Waals surface area contributed by atoms with Crippen LogP contribution in [0.5, 0.6) is 5.75 Å². The highest BCUT2D eigenvalue weighted by atomic mass is 16.5. The predicted molar refractivity (Wildman–Crippen MR) is 85.7 cm³/mol. The quantitative estimate of drug-likeness (QED) is 0.609. The standard InChI is InChI=1S/C16H15N5O3/c22-16(23)12-3-5-13(6-4-12)17-9-11-1-7-14(8-2-11)24-10-15-18-20-21-19-15/h1-8,17H,9-10H2,(H,22,23)(H,18,19,20,21). The number of nitrogens with one attached hydrogen (secondary N) is 2. The van der Waals surface area contributed by atoms with Crippen molar-refractivity contribution in [1.29, 1.82) is 0 Å². The van der Waals surface area contributed by atoms with Gasteiger partial charge in [0.15, 0.2) is 6.61 Å². The number of tetrazole rings is 1. The number of ether oxygens (including phenoxy) is 1. The highest BCUT2D eigenvalue weighted by Gasteiger charge is 2.02. The van der Waals surface area contributed by atoms with Gasteiger partial charge in [-0.1, -0.05) is 17.3 Å². The highest BCUT2D eigenvalue weighted by Crippen LogP contribution is 2.15. The van der Waals surface area contributed by atoms with Gasteiger partial charge in [0.2, 0.25) is 5.82 Å². The molecule has 24 heavy (non-hydrogen) atoms. The molecule has 1 heterocycles. The number of nitrogens with zero attached hydrogens (tertiary/aromatic N) is 3. The molecule has 0 aliphatic carbocycles. The van der Waals surface area contributed by atoms with Crippen molar-refractivity contribution >= 4 is 11.7 Å². The van der Waals surface area contributed by atoms with Gasteiger partial charge in [0.05, 0.1) is 5.56 Å². The fourth-order valence-electron chi connectivity index (χ4n) is 2.03. The SMILES string of the molecule is O=C(O)c1ccc(NCc2ccc(OCc3nn[nH]n3)cc2)cc1. The first-order valence-electron chi connectivity index (χ1n) is 7.22. The van der Waals surface area contributed by atoms with Crippen molar-refractivity contribution in [2.75, 3.05) is 5.32 Å². The van der Waals surface area contributed by atoms with Crippen molar-refractivity contribution in [2.45, 2.75) is 13.2 Å². The molecule has 8 nitrogen and oxygen atoms in total. The number of rotatable bonds is 7. The van der Waals surface area contributed by atoms with E-state index in [0.29, 0.717) is 12.4 Å². The molecule has 1 aromatic heterocycles. The van der Waals surface area contributed by atoms with Gasteiger partial charge in [-0.3, -0.25) is 0 Å². The number of anilines is 1. The van der Waals surface area contributed by atoms with Crippen LogP contribution in [0.2, 0.25) is 0 Å². The van der Waals surface area contributed by atoms with Crippen molar-refractivity contribution in [3.8, 4) is 5.75 Å². The Kier molecular flexibility index (Phi) is 4.66. The van der Waals surface area contributed by atoms with Crippen LogP contribution in [0.1, 0.15) is 21.7 Å². The van der Waals surface area contributed by atoms with Crippen LogP contribution in [0.4, 0.5) is 5.69 Å². The molecule has 3 N–H and O–H groups in total. The number of aromatic nitrogens is 4. The van der Waals surface area contributed by atoms with Crippen LogP contribution in [0.15, 0.2) is 48.5 Å². The van der Waals surface area contributed by atoms with E-state index in [9.17, 15) is 4.79 Å². The normalized spacial score (nSPS) is 10.3. The zero-order valence-corrected chi connectivity index (χ0v) is 12.6. The van der Waals surface area contributed by atoms with Gasteiger partial charge in [0.1, 0.15) is 5.75 Å². The molecule has 0 radical (unpaired) electrons. The van der Waals surface area contributed by atoms with Gasteiger partial charge in [0, 0.05) is 12.2 Å². The topological polar surface area (TPSA) is 113 Å². The lowest BCUT2D eigenvalue weighted by Crippen LogP contribution is -2.01. The Morgan fingerprint density at radius 2 is 1.88 bits per heavy atom. The minimum Gasteiger partial charge on any atom is -0.485 e. The first kappa shape index (κ1) is 15.5. The second kappa shape index (κ2) is 7.23. The van der Waals surface area contributed by atoms with E-state index in [1.807, 2.05) is 24.3 Å². The van der Waals surface area contributed by atoms with E-state index < -0.39 is 5.97 Å². The molecule has 0 atom stereocenters. The summed E-state index contributed by atoms with van der Waals surface area (Å²) < 4.78 is 5.54. The second-order valence-electron chi connectivity index (χ2n) is 5.00. The Hall–Kier alpha value is -3.42. The molecule has 3 rings (SSSR count). The van der Waals surface area contributed by atoms with Crippen molar-refractivity contribution in [1.82, 2.24) is 20.6 Å². The van der Waals surface area contributed by atoms with E-state index in [0.717, 1.165) is 17.0 Å². The van der Waals surface area contributed by atoms with Gasteiger partial charge in [-0.15, -0.1) is 10.2 Å².